The fourth-order valence-electron chi connectivity index (χ4n) is 2.75. The molecule has 0 amide bonds. The maximum absolute atomic E-state index is 12.7. The number of nitrogens with one attached hydrogen (secondary N) is 1. The summed E-state index contributed by atoms with van der Waals surface area (Å²) in [5, 5.41) is 3.33. The van der Waals surface area contributed by atoms with Gasteiger partial charge >= 0.3 is 0 Å². The number of benzene rings is 1. The zero-order valence-corrected chi connectivity index (χ0v) is 12.7. The molecule has 110 valence electrons. The van der Waals surface area contributed by atoms with Crippen LogP contribution in [-0.4, -0.2) is 38.7 Å². The van der Waals surface area contributed by atoms with Gasteiger partial charge in [0.05, 0.1) is 26.2 Å². The van der Waals surface area contributed by atoms with Gasteiger partial charge in [-0.1, -0.05) is 6.92 Å². The Kier molecular flexibility index (Phi) is 4.78. The monoisotopic (exact) mass is 277 g/mol. The van der Waals surface area contributed by atoms with Crippen molar-refractivity contribution in [1.82, 2.24) is 5.32 Å². The van der Waals surface area contributed by atoms with Crippen LogP contribution in [0.2, 0.25) is 0 Å². The minimum absolute atomic E-state index is 0.0959. The van der Waals surface area contributed by atoms with E-state index in [1.165, 1.54) is 0 Å². The standard InChI is InChI=1S/C16H23NO3/c1-5-17-14-9-20-8-13(14)16(18)12-6-11(3)15(19-4)7-10(12)2/h6-7,13-14,17H,5,8-9H2,1-4H3. The Hall–Kier alpha value is -1.39. The van der Waals surface area contributed by atoms with Crippen molar-refractivity contribution in [2.45, 2.75) is 26.8 Å². The highest BCUT2D eigenvalue weighted by Gasteiger charge is 2.34. The lowest BCUT2D eigenvalue weighted by atomic mass is 9.90. The van der Waals surface area contributed by atoms with Crippen LogP contribution in [0, 0.1) is 19.8 Å². The molecule has 0 saturated carbocycles. The number of Topliss-reactive ketones (excluding diaryl/α,β-unsaturated/α-hetero) is 1. The third kappa shape index (κ3) is 2.86. The molecule has 0 aromatic heterocycles. The number of methoxy groups -OCH3 is 1. The van der Waals surface area contributed by atoms with Gasteiger partial charge in [0.2, 0.25) is 0 Å². The van der Waals surface area contributed by atoms with Gasteiger partial charge in [-0.25, -0.2) is 0 Å². The number of rotatable bonds is 5. The molecular formula is C16H23NO3. The summed E-state index contributed by atoms with van der Waals surface area (Å²) in [4.78, 5) is 12.7. The first-order chi connectivity index (χ1) is 9.58. The van der Waals surface area contributed by atoms with Crippen molar-refractivity contribution in [2.24, 2.45) is 5.92 Å². The van der Waals surface area contributed by atoms with E-state index in [2.05, 4.69) is 5.32 Å². The van der Waals surface area contributed by atoms with Crippen LogP contribution < -0.4 is 10.1 Å². The van der Waals surface area contributed by atoms with E-state index < -0.39 is 0 Å². The van der Waals surface area contributed by atoms with Crippen molar-refractivity contribution in [3.8, 4) is 5.75 Å². The molecule has 0 spiro atoms. The molecule has 4 nitrogen and oxygen atoms in total. The van der Waals surface area contributed by atoms with E-state index in [-0.39, 0.29) is 17.7 Å². The second kappa shape index (κ2) is 6.37. The average Bonchev–Trinajstić information content (AvgIpc) is 2.89. The van der Waals surface area contributed by atoms with E-state index in [9.17, 15) is 4.79 Å². The molecule has 2 atom stereocenters. The molecule has 1 fully saturated rings. The van der Waals surface area contributed by atoms with Crippen LogP contribution in [-0.2, 0) is 4.74 Å². The van der Waals surface area contributed by atoms with Gasteiger partial charge in [-0.05, 0) is 43.7 Å². The summed E-state index contributed by atoms with van der Waals surface area (Å²) in [6.45, 7) is 7.91. The molecule has 0 bridgehead atoms. The van der Waals surface area contributed by atoms with Gasteiger partial charge in [-0.2, -0.15) is 0 Å². The van der Waals surface area contributed by atoms with Gasteiger partial charge in [0, 0.05) is 11.6 Å². The van der Waals surface area contributed by atoms with Crippen molar-refractivity contribution in [3.05, 3.63) is 28.8 Å². The minimum Gasteiger partial charge on any atom is -0.496 e. The molecule has 1 aliphatic rings. The molecular weight excluding hydrogens is 254 g/mol. The van der Waals surface area contributed by atoms with Gasteiger partial charge in [0.25, 0.3) is 0 Å². The lowest BCUT2D eigenvalue weighted by Crippen LogP contribution is -2.39. The maximum atomic E-state index is 12.7. The first-order valence-corrected chi connectivity index (χ1v) is 7.09. The van der Waals surface area contributed by atoms with Crippen LogP contribution in [0.15, 0.2) is 12.1 Å². The number of hydrogen-bond acceptors (Lipinski definition) is 4. The molecule has 0 aliphatic carbocycles. The fraction of sp³-hybridized carbons (Fsp3) is 0.562. The van der Waals surface area contributed by atoms with Gasteiger partial charge in [-0.15, -0.1) is 0 Å². The van der Waals surface area contributed by atoms with Crippen LogP contribution in [0.3, 0.4) is 0 Å². The second-order valence-corrected chi connectivity index (χ2v) is 5.31. The topological polar surface area (TPSA) is 47.6 Å². The van der Waals surface area contributed by atoms with Gasteiger partial charge in [0.15, 0.2) is 5.78 Å². The highest BCUT2D eigenvalue weighted by Crippen LogP contribution is 2.26. The number of ether oxygens (including phenoxy) is 2. The maximum Gasteiger partial charge on any atom is 0.170 e. The van der Waals surface area contributed by atoms with E-state index in [4.69, 9.17) is 9.47 Å². The summed E-state index contributed by atoms with van der Waals surface area (Å²) in [5.74, 6) is 0.892. The summed E-state index contributed by atoms with van der Waals surface area (Å²) >= 11 is 0. The number of hydrogen-bond donors (Lipinski definition) is 1. The number of aryl methyl sites for hydroxylation is 2. The van der Waals surface area contributed by atoms with Crippen LogP contribution in [0.4, 0.5) is 0 Å². The van der Waals surface area contributed by atoms with E-state index in [1.807, 2.05) is 32.9 Å². The third-order valence-electron chi connectivity index (χ3n) is 3.89. The molecule has 2 rings (SSSR count). The first-order valence-electron chi connectivity index (χ1n) is 7.09. The van der Waals surface area contributed by atoms with E-state index in [0.29, 0.717) is 13.2 Å². The summed E-state index contributed by atoms with van der Waals surface area (Å²) in [7, 11) is 1.65. The minimum atomic E-state index is -0.0959. The normalized spacial score (nSPS) is 22.0. The lowest BCUT2D eigenvalue weighted by Gasteiger charge is -2.19. The Morgan fingerprint density at radius 3 is 2.75 bits per heavy atom. The number of likely N-dealkylation sites (N-methyl/N-ethyl adjacent to an activating group) is 1. The predicted molar refractivity (Wildman–Crippen MR) is 78.6 cm³/mol. The van der Waals surface area contributed by atoms with Crippen LogP contribution in [0.25, 0.3) is 0 Å². The Morgan fingerprint density at radius 1 is 1.35 bits per heavy atom. The SMILES string of the molecule is CCNC1COCC1C(=O)c1cc(C)c(OC)cc1C. The third-order valence-corrected chi connectivity index (χ3v) is 3.89. The molecule has 1 saturated heterocycles. The predicted octanol–water partition coefficient (Wildman–Crippen LogP) is 2.12. The van der Waals surface area contributed by atoms with Gasteiger partial charge in [-0.3, -0.25) is 4.79 Å². The Bertz CT molecular complexity index is 499. The molecule has 1 aromatic rings. The van der Waals surface area contributed by atoms with Crippen molar-refractivity contribution < 1.29 is 14.3 Å². The Labute approximate surface area is 120 Å². The van der Waals surface area contributed by atoms with E-state index >= 15 is 0 Å². The Balaban J connectivity index is 2.27. The molecule has 2 unspecified atom stereocenters. The van der Waals surface area contributed by atoms with Crippen molar-refractivity contribution in [1.29, 1.82) is 0 Å². The van der Waals surface area contributed by atoms with Gasteiger partial charge in [0.1, 0.15) is 5.75 Å². The number of carbonyl (C=O) groups is 1. The quantitative estimate of drug-likeness (QED) is 0.838. The van der Waals surface area contributed by atoms with Crippen molar-refractivity contribution in [2.75, 3.05) is 26.9 Å². The zero-order valence-electron chi connectivity index (χ0n) is 12.7. The second-order valence-electron chi connectivity index (χ2n) is 5.31. The van der Waals surface area contributed by atoms with Crippen LogP contribution >= 0.6 is 0 Å². The number of carbonyl (C=O) groups excluding carboxylic acids is 1. The van der Waals surface area contributed by atoms with Gasteiger partial charge < -0.3 is 14.8 Å². The lowest BCUT2D eigenvalue weighted by molar-refractivity contribution is 0.0891. The molecule has 20 heavy (non-hydrogen) atoms. The molecule has 1 heterocycles. The van der Waals surface area contributed by atoms with E-state index in [1.54, 1.807) is 7.11 Å². The van der Waals surface area contributed by atoms with Crippen molar-refractivity contribution in [3.63, 3.8) is 0 Å². The highest BCUT2D eigenvalue weighted by molar-refractivity contribution is 6.00. The smallest absolute Gasteiger partial charge is 0.170 e. The molecule has 4 heteroatoms. The average molecular weight is 277 g/mol. The Morgan fingerprint density at radius 2 is 2.10 bits per heavy atom. The fourth-order valence-corrected chi connectivity index (χ4v) is 2.75. The molecule has 1 aliphatic heterocycles. The summed E-state index contributed by atoms with van der Waals surface area (Å²) in [6.07, 6.45) is 0. The summed E-state index contributed by atoms with van der Waals surface area (Å²) in [6, 6.07) is 3.98. The zero-order chi connectivity index (χ0) is 14.7. The first kappa shape index (κ1) is 15.0. The highest BCUT2D eigenvalue weighted by atomic mass is 16.5. The molecule has 0 radical (unpaired) electrons. The molecule has 1 aromatic carbocycles. The van der Waals surface area contributed by atoms with Crippen molar-refractivity contribution >= 4 is 5.78 Å². The summed E-state index contributed by atoms with van der Waals surface area (Å²) < 4.78 is 10.8. The van der Waals surface area contributed by atoms with Crippen LogP contribution in [0.1, 0.15) is 28.4 Å². The molecule has 1 N–H and O–H groups in total. The van der Waals surface area contributed by atoms with E-state index in [0.717, 1.165) is 29.0 Å². The number of ketones is 1. The van der Waals surface area contributed by atoms with Crippen LogP contribution in [0.5, 0.6) is 5.75 Å². The largest absolute Gasteiger partial charge is 0.496 e. The summed E-state index contributed by atoms with van der Waals surface area (Å²) in [5.41, 5.74) is 2.72.